The third-order valence-electron chi connectivity index (χ3n) is 5.91. The van der Waals surface area contributed by atoms with Crippen LogP contribution in [0.3, 0.4) is 0 Å². The molecule has 2 saturated carbocycles. The van der Waals surface area contributed by atoms with E-state index in [4.69, 9.17) is 0 Å². The maximum Gasteiger partial charge on any atom is 0.220 e. The van der Waals surface area contributed by atoms with E-state index < -0.39 is 0 Å². The summed E-state index contributed by atoms with van der Waals surface area (Å²) in [4.78, 5) is 22.2. The summed E-state index contributed by atoms with van der Waals surface area (Å²) in [6.07, 6.45) is 12.2. The fourth-order valence-corrected chi connectivity index (χ4v) is 4.55. The van der Waals surface area contributed by atoms with Gasteiger partial charge in [0.25, 0.3) is 0 Å². The monoisotopic (exact) mass is 316 g/mol. The number of H-pyrrole nitrogens is 1. The van der Waals surface area contributed by atoms with Crippen LogP contribution in [-0.2, 0) is 11.3 Å². The van der Waals surface area contributed by atoms with Crippen LogP contribution < -0.4 is 5.32 Å². The highest BCUT2D eigenvalue weighted by molar-refractivity contribution is 5.76. The maximum absolute atomic E-state index is 12.4. The van der Waals surface area contributed by atoms with E-state index in [9.17, 15) is 4.79 Å². The zero-order chi connectivity index (χ0) is 15.6. The summed E-state index contributed by atoms with van der Waals surface area (Å²) in [6.45, 7) is 3.01. The lowest BCUT2D eigenvalue weighted by atomic mass is 9.97. The molecule has 2 atom stereocenters. The maximum atomic E-state index is 12.4. The molecule has 0 unspecified atom stereocenters. The molecule has 1 aromatic heterocycles. The van der Waals surface area contributed by atoms with Crippen LogP contribution >= 0.6 is 0 Å². The molecule has 0 aromatic carbocycles. The molecule has 5 heteroatoms. The molecule has 1 saturated heterocycles. The van der Waals surface area contributed by atoms with Gasteiger partial charge in [-0.15, -0.1) is 0 Å². The van der Waals surface area contributed by atoms with Gasteiger partial charge in [0, 0.05) is 44.0 Å². The Morgan fingerprint density at radius 3 is 2.78 bits per heavy atom. The standard InChI is InChI=1S/C18H28N4O/c23-18(7-13-3-1-2-4-13)21-17-11-22(9-15-8-19-12-20-15)10-16(17)14-5-6-14/h8,12-14,16-17H,1-7,9-11H2,(H,19,20)(H,21,23)/t16-,17+/m0/s1. The molecule has 3 aliphatic rings. The SMILES string of the molecule is O=C(CC1CCCC1)N[C@@H]1CN(Cc2cnc[nH]2)C[C@H]1C1CC1. The van der Waals surface area contributed by atoms with Gasteiger partial charge in [0.2, 0.25) is 5.91 Å². The Balaban J connectivity index is 1.32. The van der Waals surface area contributed by atoms with Crippen molar-refractivity contribution in [1.29, 1.82) is 0 Å². The lowest BCUT2D eigenvalue weighted by Gasteiger charge is -2.20. The van der Waals surface area contributed by atoms with Crippen LogP contribution in [0.15, 0.2) is 12.5 Å². The van der Waals surface area contributed by atoms with Crippen molar-refractivity contribution in [3.8, 4) is 0 Å². The summed E-state index contributed by atoms with van der Waals surface area (Å²) in [5, 5.41) is 3.38. The first-order valence-electron chi connectivity index (χ1n) is 9.27. The van der Waals surface area contributed by atoms with Gasteiger partial charge in [-0.05, 0) is 43.4 Å². The molecule has 0 spiro atoms. The first-order valence-corrected chi connectivity index (χ1v) is 9.27. The Kier molecular flexibility index (Phi) is 4.38. The highest BCUT2D eigenvalue weighted by Crippen LogP contribution is 2.41. The number of carbonyl (C=O) groups excluding carboxylic acids is 1. The number of nitrogens with one attached hydrogen (secondary N) is 2. The molecule has 1 aromatic rings. The average Bonchev–Trinajstić information content (AvgIpc) is 2.93. The Morgan fingerprint density at radius 2 is 2.09 bits per heavy atom. The number of likely N-dealkylation sites (tertiary alicyclic amines) is 1. The van der Waals surface area contributed by atoms with Gasteiger partial charge in [0.15, 0.2) is 0 Å². The lowest BCUT2D eigenvalue weighted by Crippen LogP contribution is -2.41. The predicted octanol–water partition coefficient (Wildman–Crippen LogP) is 2.32. The molecule has 2 heterocycles. The van der Waals surface area contributed by atoms with Crippen LogP contribution in [0, 0.1) is 17.8 Å². The number of carbonyl (C=O) groups is 1. The zero-order valence-electron chi connectivity index (χ0n) is 13.8. The van der Waals surface area contributed by atoms with E-state index in [1.165, 1.54) is 38.5 Å². The van der Waals surface area contributed by atoms with Crippen molar-refractivity contribution in [2.45, 2.75) is 57.5 Å². The van der Waals surface area contributed by atoms with Gasteiger partial charge in [0.05, 0.1) is 6.33 Å². The third-order valence-corrected chi connectivity index (χ3v) is 5.91. The molecule has 23 heavy (non-hydrogen) atoms. The molecule has 1 aliphatic heterocycles. The number of aromatic nitrogens is 2. The van der Waals surface area contributed by atoms with E-state index in [0.29, 0.717) is 17.9 Å². The fourth-order valence-electron chi connectivity index (χ4n) is 4.55. The van der Waals surface area contributed by atoms with E-state index in [2.05, 4.69) is 20.2 Å². The minimum atomic E-state index is 0.288. The molecule has 0 radical (unpaired) electrons. The summed E-state index contributed by atoms with van der Waals surface area (Å²) in [7, 11) is 0. The molecule has 3 fully saturated rings. The fraction of sp³-hybridized carbons (Fsp3) is 0.778. The van der Waals surface area contributed by atoms with Crippen LogP contribution in [0.4, 0.5) is 0 Å². The Hall–Kier alpha value is -1.36. The highest BCUT2D eigenvalue weighted by atomic mass is 16.1. The number of hydrogen-bond donors (Lipinski definition) is 2. The second-order valence-corrected chi connectivity index (χ2v) is 7.80. The normalized spacial score (nSPS) is 29.2. The van der Waals surface area contributed by atoms with Gasteiger partial charge < -0.3 is 10.3 Å². The van der Waals surface area contributed by atoms with Gasteiger partial charge in [0.1, 0.15) is 0 Å². The summed E-state index contributed by atoms with van der Waals surface area (Å²) >= 11 is 0. The Labute approximate surface area is 138 Å². The number of aromatic amines is 1. The van der Waals surface area contributed by atoms with Crippen LogP contribution in [0.25, 0.3) is 0 Å². The first kappa shape index (κ1) is 15.2. The topological polar surface area (TPSA) is 61.0 Å². The number of hydrogen-bond acceptors (Lipinski definition) is 3. The van der Waals surface area contributed by atoms with E-state index >= 15 is 0 Å². The Bertz CT molecular complexity index is 519. The molecule has 126 valence electrons. The molecule has 5 nitrogen and oxygen atoms in total. The quantitative estimate of drug-likeness (QED) is 0.847. The molecule has 2 aliphatic carbocycles. The van der Waals surface area contributed by atoms with E-state index in [-0.39, 0.29) is 5.91 Å². The second kappa shape index (κ2) is 6.63. The second-order valence-electron chi connectivity index (χ2n) is 7.80. The van der Waals surface area contributed by atoms with Gasteiger partial charge >= 0.3 is 0 Å². The van der Waals surface area contributed by atoms with Crippen molar-refractivity contribution in [2.24, 2.45) is 17.8 Å². The number of imidazole rings is 1. The van der Waals surface area contributed by atoms with E-state index in [0.717, 1.165) is 37.7 Å². The van der Waals surface area contributed by atoms with Gasteiger partial charge in [-0.3, -0.25) is 9.69 Å². The van der Waals surface area contributed by atoms with Crippen LogP contribution in [-0.4, -0.2) is 39.9 Å². The van der Waals surface area contributed by atoms with Crippen LogP contribution in [0.5, 0.6) is 0 Å². The van der Waals surface area contributed by atoms with Gasteiger partial charge in [-0.1, -0.05) is 12.8 Å². The molecule has 2 N–H and O–H groups in total. The third kappa shape index (κ3) is 3.77. The summed E-state index contributed by atoms with van der Waals surface area (Å²) < 4.78 is 0. The van der Waals surface area contributed by atoms with Gasteiger partial charge in [-0.25, -0.2) is 4.98 Å². The molecule has 4 rings (SSSR count). The summed E-state index contributed by atoms with van der Waals surface area (Å²) in [6, 6.07) is 0.347. The largest absolute Gasteiger partial charge is 0.352 e. The minimum absolute atomic E-state index is 0.288. The van der Waals surface area contributed by atoms with E-state index in [1.54, 1.807) is 6.33 Å². The molecular formula is C18H28N4O. The molecule has 0 bridgehead atoms. The lowest BCUT2D eigenvalue weighted by molar-refractivity contribution is -0.122. The van der Waals surface area contributed by atoms with Crippen molar-refractivity contribution in [3.05, 3.63) is 18.2 Å². The van der Waals surface area contributed by atoms with Crippen molar-refractivity contribution >= 4 is 5.91 Å². The number of rotatable bonds is 6. The summed E-state index contributed by atoms with van der Waals surface area (Å²) in [5.74, 6) is 2.40. The Morgan fingerprint density at radius 1 is 1.26 bits per heavy atom. The van der Waals surface area contributed by atoms with E-state index in [1.807, 2.05) is 6.20 Å². The van der Waals surface area contributed by atoms with Gasteiger partial charge in [-0.2, -0.15) is 0 Å². The van der Waals surface area contributed by atoms with Crippen LogP contribution in [0.2, 0.25) is 0 Å². The summed E-state index contributed by atoms with van der Waals surface area (Å²) in [5.41, 5.74) is 1.16. The van der Waals surface area contributed by atoms with Crippen molar-refractivity contribution in [3.63, 3.8) is 0 Å². The first-order chi connectivity index (χ1) is 11.3. The minimum Gasteiger partial charge on any atom is -0.352 e. The predicted molar refractivity (Wildman–Crippen MR) is 88.6 cm³/mol. The zero-order valence-corrected chi connectivity index (χ0v) is 13.8. The van der Waals surface area contributed by atoms with Crippen molar-refractivity contribution in [2.75, 3.05) is 13.1 Å². The smallest absolute Gasteiger partial charge is 0.220 e. The average molecular weight is 316 g/mol. The number of nitrogens with zero attached hydrogens (tertiary/aromatic N) is 2. The highest BCUT2D eigenvalue weighted by Gasteiger charge is 2.43. The molecule has 1 amide bonds. The van der Waals surface area contributed by atoms with Crippen LogP contribution in [0.1, 0.15) is 50.6 Å². The molecular weight excluding hydrogens is 288 g/mol. The number of amides is 1. The van der Waals surface area contributed by atoms with Crippen molar-refractivity contribution in [1.82, 2.24) is 20.2 Å². The van der Waals surface area contributed by atoms with Crippen molar-refractivity contribution < 1.29 is 4.79 Å².